The third-order valence-electron chi connectivity index (χ3n) is 1.78. The lowest BCUT2D eigenvalue weighted by atomic mass is 10.2. The maximum atomic E-state index is 13.0. The zero-order chi connectivity index (χ0) is 9.42. The van der Waals surface area contributed by atoms with E-state index in [0.717, 1.165) is 13.7 Å². The van der Waals surface area contributed by atoms with Crippen LogP contribution in [0.5, 0.6) is 5.75 Å². The fourth-order valence-corrected chi connectivity index (χ4v) is 3.20. The first kappa shape index (κ1) is 9.21. The molecule has 0 unspecified atom stereocenters. The number of halogens is 2. The highest BCUT2D eigenvalue weighted by Gasteiger charge is 2.09. The highest BCUT2D eigenvalue weighted by atomic mass is 127. The summed E-state index contributed by atoms with van der Waals surface area (Å²) >= 11 is 3.75. The van der Waals surface area contributed by atoms with Crippen molar-refractivity contribution in [1.29, 1.82) is 0 Å². The van der Waals surface area contributed by atoms with E-state index >= 15 is 0 Å². The number of hydrogen-bond donors (Lipinski definition) is 0. The molecule has 0 aliphatic carbocycles. The van der Waals surface area contributed by atoms with Crippen molar-refractivity contribution in [2.45, 2.75) is 0 Å². The molecule has 0 saturated heterocycles. The molecule has 4 heteroatoms. The van der Waals surface area contributed by atoms with Crippen molar-refractivity contribution in [2.24, 2.45) is 0 Å². The molecule has 13 heavy (non-hydrogen) atoms. The van der Waals surface area contributed by atoms with Gasteiger partial charge >= 0.3 is 0 Å². The van der Waals surface area contributed by atoms with Crippen LogP contribution in [0.15, 0.2) is 17.5 Å². The zero-order valence-electron chi connectivity index (χ0n) is 6.80. The van der Waals surface area contributed by atoms with E-state index in [-0.39, 0.29) is 5.82 Å². The van der Waals surface area contributed by atoms with Gasteiger partial charge in [0.1, 0.15) is 11.6 Å². The monoisotopic (exact) mass is 308 g/mol. The first-order chi connectivity index (χ1) is 6.22. The Bertz CT molecular complexity index is 452. The summed E-state index contributed by atoms with van der Waals surface area (Å²) in [6.07, 6.45) is 0. The Morgan fingerprint density at radius 1 is 1.46 bits per heavy atom. The van der Waals surface area contributed by atoms with Crippen molar-refractivity contribution in [3.05, 3.63) is 26.9 Å². The summed E-state index contributed by atoms with van der Waals surface area (Å²) in [5.41, 5.74) is 0. The summed E-state index contributed by atoms with van der Waals surface area (Å²) in [6.45, 7) is 0. The summed E-state index contributed by atoms with van der Waals surface area (Å²) in [7, 11) is 1.56. The first-order valence-corrected chi connectivity index (χ1v) is 5.58. The van der Waals surface area contributed by atoms with Crippen molar-refractivity contribution in [1.82, 2.24) is 0 Å². The summed E-state index contributed by atoms with van der Waals surface area (Å²) in [5, 5.41) is 3.00. The lowest BCUT2D eigenvalue weighted by Crippen LogP contribution is -1.85. The Balaban J connectivity index is 2.85. The molecular weight excluding hydrogens is 302 g/mol. The van der Waals surface area contributed by atoms with Crippen LogP contribution in [-0.2, 0) is 0 Å². The summed E-state index contributed by atoms with van der Waals surface area (Å²) < 4.78 is 20.2. The molecule has 0 amide bonds. The van der Waals surface area contributed by atoms with Gasteiger partial charge in [-0.1, -0.05) is 0 Å². The van der Waals surface area contributed by atoms with Gasteiger partial charge in [-0.05, 0) is 28.7 Å². The minimum Gasteiger partial charge on any atom is -0.496 e. The number of benzene rings is 1. The minimum atomic E-state index is -0.248. The van der Waals surface area contributed by atoms with Gasteiger partial charge in [-0.25, -0.2) is 4.39 Å². The topological polar surface area (TPSA) is 9.23 Å². The van der Waals surface area contributed by atoms with E-state index in [9.17, 15) is 4.39 Å². The summed E-state index contributed by atoms with van der Waals surface area (Å²) in [6, 6.07) is 2.95. The van der Waals surface area contributed by atoms with Crippen LogP contribution in [0.4, 0.5) is 4.39 Å². The largest absolute Gasteiger partial charge is 0.496 e. The normalized spacial score (nSPS) is 10.7. The van der Waals surface area contributed by atoms with E-state index < -0.39 is 0 Å². The van der Waals surface area contributed by atoms with Gasteiger partial charge in [0.25, 0.3) is 0 Å². The second kappa shape index (κ2) is 3.42. The molecule has 68 valence electrons. The predicted molar refractivity (Wildman–Crippen MR) is 61.1 cm³/mol. The molecule has 0 radical (unpaired) electrons. The molecule has 1 heterocycles. The van der Waals surface area contributed by atoms with Gasteiger partial charge in [0.05, 0.1) is 7.11 Å². The third-order valence-corrected chi connectivity index (χ3v) is 3.98. The Kier molecular flexibility index (Phi) is 2.42. The summed E-state index contributed by atoms with van der Waals surface area (Å²) in [5.74, 6) is 0.364. The van der Waals surface area contributed by atoms with E-state index in [1.165, 1.54) is 23.5 Å². The van der Waals surface area contributed by atoms with Crippen molar-refractivity contribution in [3.63, 3.8) is 0 Å². The fraction of sp³-hybridized carbons (Fsp3) is 0.111. The van der Waals surface area contributed by atoms with E-state index in [2.05, 4.69) is 22.6 Å². The van der Waals surface area contributed by atoms with E-state index in [0.29, 0.717) is 5.75 Å². The number of ether oxygens (including phenoxy) is 1. The van der Waals surface area contributed by atoms with Crippen LogP contribution in [-0.4, -0.2) is 7.11 Å². The molecule has 0 fully saturated rings. The molecule has 2 rings (SSSR count). The van der Waals surface area contributed by atoms with Gasteiger partial charge < -0.3 is 4.74 Å². The van der Waals surface area contributed by atoms with Gasteiger partial charge in [-0.15, -0.1) is 11.3 Å². The van der Waals surface area contributed by atoms with Gasteiger partial charge in [0.2, 0.25) is 0 Å². The quantitative estimate of drug-likeness (QED) is 0.731. The van der Waals surface area contributed by atoms with Gasteiger partial charge in [-0.3, -0.25) is 0 Å². The van der Waals surface area contributed by atoms with Crippen LogP contribution in [0.3, 0.4) is 0 Å². The standard InChI is InChI=1S/C9H6FIOS/c1-12-7-2-5(10)3-8-9(7)6(11)4-13-8/h2-4H,1H3. The van der Waals surface area contributed by atoms with Crippen LogP contribution in [0.1, 0.15) is 0 Å². The van der Waals surface area contributed by atoms with Crippen LogP contribution >= 0.6 is 33.9 Å². The molecule has 1 aromatic heterocycles. The van der Waals surface area contributed by atoms with Gasteiger partial charge in [0, 0.05) is 25.1 Å². The molecule has 1 aromatic carbocycles. The van der Waals surface area contributed by atoms with Crippen molar-refractivity contribution in [3.8, 4) is 5.75 Å². The average molecular weight is 308 g/mol. The zero-order valence-corrected chi connectivity index (χ0v) is 9.78. The van der Waals surface area contributed by atoms with E-state index in [1.807, 2.05) is 5.38 Å². The molecular formula is C9H6FIOS. The van der Waals surface area contributed by atoms with Gasteiger partial charge in [-0.2, -0.15) is 0 Å². The molecule has 2 aromatic rings. The average Bonchev–Trinajstić information content (AvgIpc) is 2.46. The predicted octanol–water partition coefficient (Wildman–Crippen LogP) is 3.65. The van der Waals surface area contributed by atoms with E-state index in [1.54, 1.807) is 7.11 Å². The van der Waals surface area contributed by atoms with Crippen LogP contribution in [0.25, 0.3) is 10.1 Å². The number of thiophene rings is 1. The molecule has 0 bridgehead atoms. The second-order valence-corrected chi connectivity index (χ2v) is 4.64. The van der Waals surface area contributed by atoms with Gasteiger partial charge in [0.15, 0.2) is 0 Å². The van der Waals surface area contributed by atoms with Crippen molar-refractivity contribution < 1.29 is 9.13 Å². The lowest BCUT2D eigenvalue weighted by molar-refractivity contribution is 0.416. The Morgan fingerprint density at radius 2 is 2.23 bits per heavy atom. The number of fused-ring (bicyclic) bond motifs is 1. The maximum Gasteiger partial charge on any atom is 0.131 e. The molecule has 1 nitrogen and oxygen atoms in total. The third kappa shape index (κ3) is 1.52. The summed E-state index contributed by atoms with van der Waals surface area (Å²) in [4.78, 5) is 0. The maximum absolute atomic E-state index is 13.0. The molecule has 0 spiro atoms. The molecule has 0 atom stereocenters. The van der Waals surface area contributed by atoms with Crippen LogP contribution in [0, 0.1) is 9.39 Å². The van der Waals surface area contributed by atoms with Crippen LogP contribution < -0.4 is 4.74 Å². The Labute approximate surface area is 92.7 Å². The van der Waals surface area contributed by atoms with E-state index in [4.69, 9.17) is 4.74 Å². The smallest absolute Gasteiger partial charge is 0.131 e. The fourth-order valence-electron chi connectivity index (χ4n) is 1.22. The Hall–Kier alpha value is -0.360. The number of methoxy groups -OCH3 is 1. The van der Waals surface area contributed by atoms with Crippen LogP contribution in [0.2, 0.25) is 0 Å². The number of rotatable bonds is 1. The molecule has 0 saturated carbocycles. The minimum absolute atomic E-state index is 0.248. The highest BCUT2D eigenvalue weighted by Crippen LogP contribution is 2.35. The van der Waals surface area contributed by atoms with Crippen molar-refractivity contribution in [2.75, 3.05) is 7.11 Å². The lowest BCUT2D eigenvalue weighted by Gasteiger charge is -2.02. The highest BCUT2D eigenvalue weighted by molar-refractivity contribution is 14.1. The molecule has 0 aliphatic heterocycles. The molecule has 0 N–H and O–H groups in total. The molecule has 0 aliphatic rings. The second-order valence-electron chi connectivity index (χ2n) is 2.56. The van der Waals surface area contributed by atoms with Crippen molar-refractivity contribution >= 4 is 44.0 Å². The first-order valence-electron chi connectivity index (χ1n) is 3.62. The Morgan fingerprint density at radius 3 is 2.92 bits per heavy atom. The SMILES string of the molecule is COc1cc(F)cc2scc(I)c12. The number of hydrogen-bond acceptors (Lipinski definition) is 2.